The third kappa shape index (κ3) is 2.27. The molecule has 0 aromatic heterocycles. The average molecular weight is 314 g/mol. The normalized spacial score (nSPS) is 14.9. The van der Waals surface area contributed by atoms with Crippen LogP contribution in [0.3, 0.4) is 0 Å². The first-order valence-electron chi connectivity index (χ1n) is 6.63. The van der Waals surface area contributed by atoms with E-state index in [1.165, 1.54) is 6.07 Å². The van der Waals surface area contributed by atoms with Crippen molar-refractivity contribution in [3.05, 3.63) is 70.4 Å². The highest BCUT2D eigenvalue weighted by atomic mass is 35.5. The van der Waals surface area contributed by atoms with Gasteiger partial charge in [-0.15, -0.1) is 0 Å². The third-order valence-corrected chi connectivity index (χ3v) is 3.70. The Morgan fingerprint density at radius 1 is 1.00 bits per heavy atom. The van der Waals surface area contributed by atoms with Crippen molar-refractivity contribution in [2.45, 2.75) is 6.92 Å². The van der Waals surface area contributed by atoms with E-state index in [0.29, 0.717) is 16.3 Å². The molecular weight excluding hydrogens is 302 g/mol. The van der Waals surface area contributed by atoms with Gasteiger partial charge in [0.2, 0.25) is 0 Å². The van der Waals surface area contributed by atoms with E-state index in [1.54, 1.807) is 30.3 Å². The Balaban J connectivity index is 2.05. The highest BCUT2D eigenvalue weighted by molar-refractivity contribution is 6.45. The van der Waals surface area contributed by atoms with Crippen LogP contribution in [0.2, 0.25) is 5.02 Å². The Hall–Kier alpha value is -2.59. The van der Waals surface area contributed by atoms with Gasteiger partial charge in [0.15, 0.2) is 5.76 Å². The molecule has 0 saturated carbocycles. The van der Waals surface area contributed by atoms with Crippen LogP contribution in [0.25, 0.3) is 5.57 Å². The summed E-state index contributed by atoms with van der Waals surface area (Å²) in [5.74, 6) is -1.86. The molecule has 0 aliphatic carbocycles. The number of aliphatic hydroxyl groups excluding tert-OH is 1. The molecular formula is C17H12ClNO3. The Labute approximate surface area is 132 Å². The van der Waals surface area contributed by atoms with Gasteiger partial charge in [-0.05, 0) is 30.7 Å². The molecule has 2 amide bonds. The van der Waals surface area contributed by atoms with Crippen LogP contribution in [0.4, 0.5) is 5.69 Å². The molecule has 0 saturated heterocycles. The van der Waals surface area contributed by atoms with E-state index in [9.17, 15) is 14.7 Å². The first-order chi connectivity index (χ1) is 10.5. The molecule has 2 aromatic carbocycles. The summed E-state index contributed by atoms with van der Waals surface area (Å²) in [7, 11) is 0. The first-order valence-corrected chi connectivity index (χ1v) is 7.01. The number of halogens is 1. The highest BCUT2D eigenvalue weighted by Gasteiger charge is 2.40. The standard InChI is InChI=1S/C17H12ClNO3/c1-10-5-7-11(8-6-10)14-15(20)17(22)19(16(14)21)13-4-2-3-12(18)9-13/h2-9,20H,1H3. The van der Waals surface area contributed by atoms with Gasteiger partial charge in [0, 0.05) is 5.02 Å². The lowest BCUT2D eigenvalue weighted by molar-refractivity contribution is -0.121. The van der Waals surface area contributed by atoms with Gasteiger partial charge < -0.3 is 5.11 Å². The SMILES string of the molecule is Cc1ccc(C2=C(O)C(=O)N(c3cccc(Cl)c3)C2=O)cc1. The maximum Gasteiger partial charge on any atom is 0.301 e. The van der Waals surface area contributed by atoms with Gasteiger partial charge in [0.05, 0.1) is 11.3 Å². The molecule has 22 heavy (non-hydrogen) atoms. The fraction of sp³-hybridized carbons (Fsp3) is 0.0588. The zero-order valence-electron chi connectivity index (χ0n) is 11.7. The molecule has 0 unspecified atom stereocenters. The minimum absolute atomic E-state index is 0.00461. The number of anilines is 1. The number of hydrogen-bond donors (Lipinski definition) is 1. The average Bonchev–Trinajstić information content (AvgIpc) is 2.71. The van der Waals surface area contributed by atoms with E-state index in [4.69, 9.17) is 11.6 Å². The molecule has 110 valence electrons. The van der Waals surface area contributed by atoms with Gasteiger partial charge in [0.25, 0.3) is 5.91 Å². The van der Waals surface area contributed by atoms with E-state index in [-0.39, 0.29) is 5.57 Å². The summed E-state index contributed by atoms with van der Waals surface area (Å²) in [6.45, 7) is 1.91. The van der Waals surface area contributed by atoms with Gasteiger partial charge in [-0.2, -0.15) is 0 Å². The fourth-order valence-electron chi connectivity index (χ4n) is 2.35. The number of nitrogens with zero attached hydrogens (tertiary/aromatic N) is 1. The smallest absolute Gasteiger partial charge is 0.301 e. The van der Waals surface area contributed by atoms with E-state index in [0.717, 1.165) is 10.5 Å². The summed E-state index contributed by atoms with van der Waals surface area (Å²) >= 11 is 5.90. The van der Waals surface area contributed by atoms with Crippen LogP contribution >= 0.6 is 11.6 Å². The Bertz CT molecular complexity index is 809. The lowest BCUT2D eigenvalue weighted by Gasteiger charge is -2.14. The Kier molecular flexibility index (Phi) is 3.47. The van der Waals surface area contributed by atoms with Crippen molar-refractivity contribution in [3.8, 4) is 0 Å². The van der Waals surface area contributed by atoms with E-state index >= 15 is 0 Å². The van der Waals surface area contributed by atoms with Gasteiger partial charge >= 0.3 is 5.91 Å². The maximum atomic E-state index is 12.6. The molecule has 0 fully saturated rings. The molecule has 0 bridgehead atoms. The topological polar surface area (TPSA) is 57.6 Å². The van der Waals surface area contributed by atoms with Gasteiger partial charge in [-0.25, -0.2) is 4.90 Å². The van der Waals surface area contributed by atoms with Crippen molar-refractivity contribution in [1.29, 1.82) is 0 Å². The molecule has 3 rings (SSSR count). The molecule has 1 N–H and O–H groups in total. The second-order valence-corrected chi connectivity index (χ2v) is 5.45. The van der Waals surface area contributed by atoms with Crippen LogP contribution in [0, 0.1) is 6.92 Å². The molecule has 1 heterocycles. The molecule has 0 atom stereocenters. The summed E-state index contributed by atoms with van der Waals surface area (Å²) < 4.78 is 0. The summed E-state index contributed by atoms with van der Waals surface area (Å²) in [5.41, 5.74) is 1.86. The lowest BCUT2D eigenvalue weighted by Crippen LogP contribution is -2.31. The van der Waals surface area contributed by atoms with E-state index in [1.807, 2.05) is 19.1 Å². The summed E-state index contributed by atoms with van der Waals surface area (Å²) in [5, 5.41) is 10.5. The summed E-state index contributed by atoms with van der Waals surface area (Å²) in [6.07, 6.45) is 0. The second-order valence-electron chi connectivity index (χ2n) is 5.02. The first kappa shape index (κ1) is 14.4. The molecule has 5 heteroatoms. The van der Waals surface area contributed by atoms with Crippen molar-refractivity contribution in [2.75, 3.05) is 4.90 Å². The van der Waals surface area contributed by atoms with E-state index < -0.39 is 17.6 Å². The fourth-order valence-corrected chi connectivity index (χ4v) is 2.53. The van der Waals surface area contributed by atoms with Crippen LogP contribution in [0.1, 0.15) is 11.1 Å². The van der Waals surface area contributed by atoms with Crippen molar-refractivity contribution >= 4 is 34.7 Å². The summed E-state index contributed by atoms with van der Waals surface area (Å²) in [6, 6.07) is 13.4. The third-order valence-electron chi connectivity index (χ3n) is 3.47. The summed E-state index contributed by atoms with van der Waals surface area (Å²) in [4.78, 5) is 25.7. The van der Waals surface area contributed by atoms with Crippen LogP contribution in [0.15, 0.2) is 54.3 Å². The number of rotatable bonds is 2. The minimum Gasteiger partial charge on any atom is -0.502 e. The molecule has 4 nitrogen and oxygen atoms in total. The largest absolute Gasteiger partial charge is 0.502 e. The van der Waals surface area contributed by atoms with Crippen molar-refractivity contribution in [3.63, 3.8) is 0 Å². The van der Waals surface area contributed by atoms with Crippen LogP contribution in [-0.2, 0) is 9.59 Å². The zero-order valence-corrected chi connectivity index (χ0v) is 12.5. The number of benzene rings is 2. The van der Waals surface area contributed by atoms with Gasteiger partial charge in [0.1, 0.15) is 0 Å². The van der Waals surface area contributed by atoms with Crippen LogP contribution in [-0.4, -0.2) is 16.9 Å². The predicted octanol–water partition coefficient (Wildman–Crippen LogP) is 3.49. The number of imide groups is 1. The van der Waals surface area contributed by atoms with Gasteiger partial charge in [-0.3, -0.25) is 9.59 Å². The number of aryl methyl sites for hydroxylation is 1. The number of hydrogen-bond acceptors (Lipinski definition) is 3. The number of amides is 2. The number of aliphatic hydroxyl groups is 1. The van der Waals surface area contributed by atoms with Crippen LogP contribution < -0.4 is 4.90 Å². The Morgan fingerprint density at radius 2 is 1.68 bits per heavy atom. The number of carbonyl (C=O) groups is 2. The Morgan fingerprint density at radius 3 is 2.32 bits per heavy atom. The van der Waals surface area contributed by atoms with E-state index in [2.05, 4.69) is 0 Å². The van der Waals surface area contributed by atoms with Crippen LogP contribution in [0.5, 0.6) is 0 Å². The molecule has 2 aromatic rings. The quantitative estimate of drug-likeness (QED) is 0.863. The monoisotopic (exact) mass is 313 g/mol. The predicted molar refractivity (Wildman–Crippen MR) is 84.7 cm³/mol. The highest BCUT2D eigenvalue weighted by Crippen LogP contribution is 2.32. The molecule has 1 aliphatic heterocycles. The molecule has 0 radical (unpaired) electrons. The van der Waals surface area contributed by atoms with Crippen molar-refractivity contribution in [1.82, 2.24) is 0 Å². The van der Waals surface area contributed by atoms with Gasteiger partial charge in [-0.1, -0.05) is 47.5 Å². The second kappa shape index (κ2) is 5.31. The lowest BCUT2D eigenvalue weighted by atomic mass is 10.0. The number of carbonyl (C=O) groups excluding carboxylic acids is 2. The van der Waals surface area contributed by atoms with Crippen molar-refractivity contribution in [2.24, 2.45) is 0 Å². The molecule has 0 spiro atoms. The maximum absolute atomic E-state index is 12.6. The molecule has 1 aliphatic rings. The minimum atomic E-state index is -0.747. The zero-order chi connectivity index (χ0) is 15.9. The van der Waals surface area contributed by atoms with Crippen molar-refractivity contribution < 1.29 is 14.7 Å².